The van der Waals surface area contributed by atoms with E-state index in [1.54, 1.807) is 6.07 Å². The first-order chi connectivity index (χ1) is 14.5. The van der Waals surface area contributed by atoms with Crippen LogP contribution in [0.15, 0.2) is 71.8 Å². The predicted molar refractivity (Wildman–Crippen MR) is 123 cm³/mol. The minimum absolute atomic E-state index is 0.120. The van der Waals surface area contributed by atoms with Crippen molar-refractivity contribution in [1.29, 1.82) is 0 Å². The van der Waals surface area contributed by atoms with Crippen molar-refractivity contribution in [2.75, 3.05) is 0 Å². The lowest BCUT2D eigenvalue weighted by molar-refractivity contribution is 0.0956. The Hall–Kier alpha value is -3.66. The zero-order valence-electron chi connectivity index (χ0n) is 17.3. The van der Waals surface area contributed by atoms with Crippen LogP contribution in [0.3, 0.4) is 0 Å². The molecule has 0 unspecified atom stereocenters. The number of hydrazone groups is 1. The number of carbonyl (C=O) groups excluding carboxylic acids is 1. The lowest BCUT2D eigenvalue weighted by atomic mass is 10.0. The van der Waals surface area contributed by atoms with Crippen LogP contribution in [-0.4, -0.2) is 17.2 Å². The van der Waals surface area contributed by atoms with Gasteiger partial charge in [-0.05, 0) is 58.0 Å². The number of amides is 1. The van der Waals surface area contributed by atoms with E-state index in [1.165, 1.54) is 11.8 Å². The Balaban J connectivity index is 1.65. The van der Waals surface area contributed by atoms with E-state index in [9.17, 15) is 9.90 Å². The molecule has 2 N–H and O–H groups in total. The molecule has 30 heavy (non-hydrogen) atoms. The average Bonchev–Trinajstić information content (AvgIpc) is 2.90. The molecule has 0 aliphatic heterocycles. The molecule has 2 aliphatic rings. The SMILES string of the molecule is Cc1cc(C(=O)NN=Cc2c(O)ccc3ccccc23)c2cc(C(C)C)cccc1-2. The maximum atomic E-state index is 12.9. The third-order valence-corrected chi connectivity index (χ3v) is 5.45. The summed E-state index contributed by atoms with van der Waals surface area (Å²) in [5, 5.41) is 16.2. The maximum absolute atomic E-state index is 12.9. The number of phenolic OH excluding ortho intramolecular Hbond substituents is 1. The van der Waals surface area contributed by atoms with Crippen LogP contribution in [0, 0.1) is 6.92 Å². The van der Waals surface area contributed by atoms with Gasteiger partial charge >= 0.3 is 0 Å². The topological polar surface area (TPSA) is 61.7 Å². The fourth-order valence-corrected chi connectivity index (χ4v) is 3.76. The molecule has 150 valence electrons. The summed E-state index contributed by atoms with van der Waals surface area (Å²) >= 11 is 0. The van der Waals surface area contributed by atoms with E-state index in [0.717, 1.165) is 27.5 Å². The van der Waals surface area contributed by atoms with Gasteiger partial charge in [-0.25, -0.2) is 5.43 Å². The van der Waals surface area contributed by atoms with Crippen LogP contribution in [0.5, 0.6) is 5.75 Å². The average molecular weight is 396 g/mol. The van der Waals surface area contributed by atoms with E-state index in [2.05, 4.69) is 36.5 Å². The van der Waals surface area contributed by atoms with E-state index < -0.39 is 0 Å². The summed E-state index contributed by atoms with van der Waals surface area (Å²) in [6.07, 6.45) is 1.49. The number of nitrogens with zero attached hydrogens (tertiary/aromatic N) is 1. The Labute approximate surface area is 176 Å². The van der Waals surface area contributed by atoms with Crippen LogP contribution in [0.1, 0.15) is 46.8 Å². The maximum Gasteiger partial charge on any atom is 0.272 e. The molecule has 0 aromatic heterocycles. The van der Waals surface area contributed by atoms with Crippen LogP contribution in [0.2, 0.25) is 0 Å². The molecule has 0 fully saturated rings. The molecule has 4 nitrogen and oxygen atoms in total. The highest BCUT2D eigenvalue weighted by Crippen LogP contribution is 2.33. The zero-order valence-corrected chi connectivity index (χ0v) is 17.3. The van der Waals surface area contributed by atoms with Crippen molar-refractivity contribution in [3.8, 4) is 16.9 Å². The largest absolute Gasteiger partial charge is 0.507 e. The van der Waals surface area contributed by atoms with Crippen LogP contribution < -0.4 is 5.43 Å². The van der Waals surface area contributed by atoms with E-state index >= 15 is 0 Å². The highest BCUT2D eigenvalue weighted by Gasteiger charge is 2.19. The van der Waals surface area contributed by atoms with E-state index in [4.69, 9.17) is 0 Å². The monoisotopic (exact) mass is 396 g/mol. The molecule has 4 heteroatoms. The summed E-state index contributed by atoms with van der Waals surface area (Å²) in [4.78, 5) is 12.9. The summed E-state index contributed by atoms with van der Waals surface area (Å²) in [6, 6.07) is 21.4. The molecule has 0 saturated carbocycles. The molecular weight excluding hydrogens is 372 g/mol. The molecule has 1 amide bonds. The highest BCUT2D eigenvalue weighted by atomic mass is 16.3. The van der Waals surface area contributed by atoms with Crippen molar-refractivity contribution in [3.63, 3.8) is 0 Å². The molecule has 0 heterocycles. The minimum Gasteiger partial charge on any atom is -0.507 e. The molecule has 0 spiro atoms. The second-order valence-electron chi connectivity index (χ2n) is 7.81. The molecule has 0 atom stereocenters. The molecule has 0 bridgehead atoms. The Kier molecular flexibility index (Phi) is 5.23. The molecule has 2 aliphatic carbocycles. The van der Waals surface area contributed by atoms with Crippen molar-refractivity contribution in [2.24, 2.45) is 5.10 Å². The van der Waals surface area contributed by atoms with Gasteiger partial charge in [0.15, 0.2) is 0 Å². The summed E-state index contributed by atoms with van der Waals surface area (Å²) in [5.74, 6) is 0.207. The van der Waals surface area contributed by atoms with Gasteiger partial charge in [-0.2, -0.15) is 5.10 Å². The molecule has 0 saturated heterocycles. The van der Waals surface area contributed by atoms with Gasteiger partial charge in [0.1, 0.15) is 5.75 Å². The Bertz CT molecular complexity index is 1240. The minimum atomic E-state index is -0.273. The first-order valence-corrected chi connectivity index (χ1v) is 10.0. The van der Waals surface area contributed by atoms with Crippen LogP contribution in [-0.2, 0) is 0 Å². The van der Waals surface area contributed by atoms with Gasteiger partial charge in [-0.3, -0.25) is 4.79 Å². The number of phenols is 1. The predicted octanol–water partition coefficient (Wildman–Crippen LogP) is 5.85. The van der Waals surface area contributed by atoms with Gasteiger partial charge in [0.25, 0.3) is 5.91 Å². The Morgan fingerprint density at radius 2 is 1.80 bits per heavy atom. The Morgan fingerprint density at radius 3 is 2.60 bits per heavy atom. The number of carbonyl (C=O) groups is 1. The van der Waals surface area contributed by atoms with Crippen molar-refractivity contribution in [1.82, 2.24) is 5.43 Å². The van der Waals surface area contributed by atoms with Gasteiger partial charge in [-0.15, -0.1) is 0 Å². The third kappa shape index (κ3) is 3.64. The number of rotatable bonds is 4. The quantitative estimate of drug-likeness (QED) is 0.336. The molecule has 2 aromatic rings. The molecule has 2 aromatic carbocycles. The highest BCUT2D eigenvalue weighted by molar-refractivity contribution is 6.05. The summed E-state index contributed by atoms with van der Waals surface area (Å²) in [6.45, 7) is 6.28. The first kappa shape index (κ1) is 19.6. The fourth-order valence-electron chi connectivity index (χ4n) is 3.76. The first-order valence-electron chi connectivity index (χ1n) is 10.0. The van der Waals surface area contributed by atoms with Gasteiger partial charge in [0.2, 0.25) is 0 Å². The number of hydrogen-bond acceptors (Lipinski definition) is 3. The third-order valence-electron chi connectivity index (χ3n) is 5.45. The number of nitrogens with one attached hydrogen (secondary N) is 1. The smallest absolute Gasteiger partial charge is 0.272 e. The van der Waals surface area contributed by atoms with Crippen molar-refractivity contribution >= 4 is 22.9 Å². The summed E-state index contributed by atoms with van der Waals surface area (Å²) < 4.78 is 0. The van der Waals surface area contributed by atoms with Gasteiger partial charge < -0.3 is 5.11 Å². The molecular formula is C26H24N2O2. The number of hydrogen-bond donors (Lipinski definition) is 2. The second kappa shape index (κ2) is 7.99. The van der Waals surface area contributed by atoms with E-state index in [-0.39, 0.29) is 11.7 Å². The van der Waals surface area contributed by atoms with Crippen molar-refractivity contribution in [3.05, 3.63) is 89.0 Å². The zero-order chi connectivity index (χ0) is 21.3. The van der Waals surface area contributed by atoms with Gasteiger partial charge in [0.05, 0.1) is 6.21 Å². The van der Waals surface area contributed by atoms with Crippen molar-refractivity contribution < 1.29 is 9.90 Å². The van der Waals surface area contributed by atoms with Crippen molar-refractivity contribution in [2.45, 2.75) is 26.7 Å². The number of aryl methyl sites for hydroxylation is 1. The summed E-state index contributed by atoms with van der Waals surface area (Å²) in [5.41, 5.74) is 8.00. The number of benzene rings is 2. The number of fused-ring (bicyclic) bond motifs is 2. The molecule has 4 rings (SSSR count). The second-order valence-corrected chi connectivity index (χ2v) is 7.81. The normalized spacial score (nSPS) is 11.6. The van der Waals surface area contributed by atoms with Crippen LogP contribution in [0.25, 0.3) is 21.9 Å². The van der Waals surface area contributed by atoms with Gasteiger partial charge in [0, 0.05) is 11.1 Å². The molecule has 0 radical (unpaired) electrons. The van der Waals surface area contributed by atoms with Gasteiger partial charge in [-0.1, -0.05) is 68.4 Å². The lowest BCUT2D eigenvalue weighted by Gasteiger charge is -2.06. The summed E-state index contributed by atoms with van der Waals surface area (Å²) in [7, 11) is 0. The standard InChI is InChI=1S/C26H24N2O2/c1-16(2)19-8-6-10-20-17(3)13-23(22(20)14-19)26(30)28-27-15-24-21-9-5-4-7-18(21)11-12-25(24)29/h4-16,29H,1-3H3,(H,28,30). The van der Waals surface area contributed by atoms with E-state index in [0.29, 0.717) is 17.0 Å². The Morgan fingerprint density at radius 1 is 1.00 bits per heavy atom. The fraction of sp³-hybridized carbons (Fsp3) is 0.154. The van der Waals surface area contributed by atoms with E-state index in [1.807, 2.05) is 55.5 Å². The van der Waals surface area contributed by atoms with Crippen LogP contribution in [0.4, 0.5) is 0 Å². The lowest BCUT2D eigenvalue weighted by Crippen LogP contribution is -2.17. The van der Waals surface area contributed by atoms with Crippen LogP contribution >= 0.6 is 0 Å². The number of aromatic hydroxyl groups is 1.